The fourth-order valence-corrected chi connectivity index (χ4v) is 5.11. The lowest BCUT2D eigenvalue weighted by Crippen LogP contribution is -2.61. The van der Waals surface area contributed by atoms with Gasteiger partial charge in [0.25, 0.3) is 0 Å². The SMILES string of the molecule is O=C1CCCC(C2CCCCC2)(C2CCCCC2)N1. The van der Waals surface area contributed by atoms with Gasteiger partial charge in [-0.3, -0.25) is 4.79 Å². The van der Waals surface area contributed by atoms with Crippen molar-refractivity contribution in [1.82, 2.24) is 5.32 Å². The molecule has 0 bridgehead atoms. The van der Waals surface area contributed by atoms with Crippen LogP contribution in [0, 0.1) is 11.8 Å². The van der Waals surface area contributed by atoms with Gasteiger partial charge < -0.3 is 5.32 Å². The summed E-state index contributed by atoms with van der Waals surface area (Å²) in [4.78, 5) is 12.1. The summed E-state index contributed by atoms with van der Waals surface area (Å²) < 4.78 is 0. The Morgan fingerprint density at radius 1 is 0.789 bits per heavy atom. The Bertz CT molecular complexity index is 295. The smallest absolute Gasteiger partial charge is 0.220 e. The summed E-state index contributed by atoms with van der Waals surface area (Å²) in [6.07, 6.45) is 16.9. The van der Waals surface area contributed by atoms with Crippen LogP contribution in [0.3, 0.4) is 0 Å². The molecule has 2 heteroatoms. The van der Waals surface area contributed by atoms with Gasteiger partial charge in [-0.05, 0) is 50.4 Å². The Labute approximate surface area is 117 Å². The average Bonchev–Trinajstić information content (AvgIpc) is 2.49. The molecule has 0 aromatic rings. The molecule has 1 aliphatic heterocycles. The van der Waals surface area contributed by atoms with Crippen molar-refractivity contribution in [2.75, 3.05) is 0 Å². The lowest BCUT2D eigenvalue weighted by molar-refractivity contribution is -0.128. The Morgan fingerprint density at radius 3 is 1.79 bits per heavy atom. The molecule has 0 radical (unpaired) electrons. The minimum Gasteiger partial charge on any atom is -0.350 e. The van der Waals surface area contributed by atoms with Crippen LogP contribution in [-0.2, 0) is 4.79 Å². The molecule has 2 saturated carbocycles. The van der Waals surface area contributed by atoms with E-state index in [1.807, 2.05) is 0 Å². The van der Waals surface area contributed by atoms with Crippen molar-refractivity contribution in [1.29, 1.82) is 0 Å². The fraction of sp³-hybridized carbons (Fsp3) is 0.941. The Morgan fingerprint density at radius 2 is 1.32 bits per heavy atom. The zero-order valence-corrected chi connectivity index (χ0v) is 12.3. The van der Waals surface area contributed by atoms with Gasteiger partial charge in [0, 0.05) is 12.0 Å². The number of hydrogen-bond donors (Lipinski definition) is 1. The third kappa shape index (κ3) is 2.68. The maximum Gasteiger partial charge on any atom is 0.220 e. The van der Waals surface area contributed by atoms with E-state index in [1.54, 1.807) is 0 Å². The first-order valence-electron chi connectivity index (χ1n) is 8.62. The number of carbonyl (C=O) groups excluding carboxylic acids is 1. The molecule has 3 fully saturated rings. The van der Waals surface area contributed by atoms with Crippen LogP contribution >= 0.6 is 0 Å². The van der Waals surface area contributed by atoms with Crippen LogP contribution in [0.1, 0.15) is 83.5 Å². The number of carbonyl (C=O) groups is 1. The van der Waals surface area contributed by atoms with Gasteiger partial charge in [0.05, 0.1) is 0 Å². The molecule has 1 saturated heterocycles. The number of hydrogen-bond acceptors (Lipinski definition) is 1. The summed E-state index contributed by atoms with van der Waals surface area (Å²) in [7, 11) is 0. The minimum absolute atomic E-state index is 0.191. The van der Waals surface area contributed by atoms with Gasteiger partial charge in [-0.2, -0.15) is 0 Å². The summed E-state index contributed by atoms with van der Waals surface area (Å²) in [5.41, 5.74) is 0.191. The van der Waals surface area contributed by atoms with E-state index in [0.717, 1.165) is 24.7 Å². The molecule has 108 valence electrons. The van der Waals surface area contributed by atoms with Gasteiger partial charge in [-0.1, -0.05) is 38.5 Å². The Kier molecular flexibility index (Phi) is 4.14. The van der Waals surface area contributed by atoms with E-state index in [2.05, 4.69) is 5.32 Å². The standard InChI is InChI=1S/C17H29NO/c19-16-12-7-13-17(18-16,14-8-3-1-4-9-14)15-10-5-2-6-11-15/h14-15H,1-13H2,(H,18,19). The van der Waals surface area contributed by atoms with Crippen molar-refractivity contribution in [3.05, 3.63) is 0 Å². The van der Waals surface area contributed by atoms with Crippen molar-refractivity contribution in [2.45, 2.75) is 89.0 Å². The normalized spacial score (nSPS) is 30.0. The number of nitrogens with one attached hydrogen (secondary N) is 1. The van der Waals surface area contributed by atoms with Crippen LogP contribution in [0.15, 0.2) is 0 Å². The second-order valence-electron chi connectivity index (χ2n) is 7.11. The molecular formula is C17H29NO. The number of piperidine rings is 1. The zero-order valence-electron chi connectivity index (χ0n) is 12.3. The molecule has 0 aromatic heterocycles. The van der Waals surface area contributed by atoms with Crippen LogP contribution in [-0.4, -0.2) is 11.4 Å². The quantitative estimate of drug-likeness (QED) is 0.795. The monoisotopic (exact) mass is 263 g/mol. The van der Waals surface area contributed by atoms with E-state index in [-0.39, 0.29) is 5.54 Å². The van der Waals surface area contributed by atoms with Gasteiger partial charge in [-0.25, -0.2) is 0 Å². The van der Waals surface area contributed by atoms with Crippen LogP contribution in [0.2, 0.25) is 0 Å². The predicted molar refractivity (Wildman–Crippen MR) is 77.9 cm³/mol. The number of amides is 1. The van der Waals surface area contributed by atoms with E-state index < -0.39 is 0 Å². The second-order valence-corrected chi connectivity index (χ2v) is 7.11. The van der Waals surface area contributed by atoms with Crippen LogP contribution < -0.4 is 5.32 Å². The molecule has 0 spiro atoms. The molecule has 2 aliphatic carbocycles. The maximum atomic E-state index is 12.1. The van der Waals surface area contributed by atoms with E-state index >= 15 is 0 Å². The first-order valence-corrected chi connectivity index (χ1v) is 8.62. The minimum atomic E-state index is 0.191. The molecule has 1 heterocycles. The molecule has 3 rings (SSSR count). The molecule has 0 aromatic carbocycles. The second kappa shape index (κ2) is 5.85. The molecule has 19 heavy (non-hydrogen) atoms. The van der Waals surface area contributed by atoms with E-state index in [4.69, 9.17) is 0 Å². The van der Waals surface area contributed by atoms with Crippen LogP contribution in [0.5, 0.6) is 0 Å². The largest absolute Gasteiger partial charge is 0.350 e. The van der Waals surface area contributed by atoms with Gasteiger partial charge >= 0.3 is 0 Å². The lowest BCUT2D eigenvalue weighted by Gasteiger charge is -2.51. The van der Waals surface area contributed by atoms with Crippen molar-refractivity contribution in [3.63, 3.8) is 0 Å². The molecule has 1 amide bonds. The van der Waals surface area contributed by atoms with Crippen molar-refractivity contribution in [3.8, 4) is 0 Å². The molecule has 1 N–H and O–H groups in total. The summed E-state index contributed by atoms with van der Waals surface area (Å²) in [6, 6.07) is 0. The first kappa shape index (κ1) is 13.5. The molecule has 0 unspecified atom stereocenters. The highest BCUT2D eigenvalue weighted by atomic mass is 16.1. The van der Waals surface area contributed by atoms with Gasteiger partial charge in [0.1, 0.15) is 0 Å². The fourth-order valence-electron chi connectivity index (χ4n) is 5.11. The summed E-state index contributed by atoms with van der Waals surface area (Å²) >= 11 is 0. The van der Waals surface area contributed by atoms with E-state index in [9.17, 15) is 4.79 Å². The van der Waals surface area contributed by atoms with E-state index in [1.165, 1.54) is 70.6 Å². The van der Waals surface area contributed by atoms with Gasteiger partial charge in [-0.15, -0.1) is 0 Å². The zero-order chi connectivity index (χ0) is 13.1. The topological polar surface area (TPSA) is 29.1 Å². The Hall–Kier alpha value is -0.530. The molecular weight excluding hydrogens is 234 g/mol. The van der Waals surface area contributed by atoms with Crippen molar-refractivity contribution < 1.29 is 4.79 Å². The maximum absolute atomic E-state index is 12.1. The van der Waals surface area contributed by atoms with Crippen molar-refractivity contribution in [2.24, 2.45) is 11.8 Å². The number of rotatable bonds is 2. The summed E-state index contributed by atoms with van der Waals surface area (Å²) in [6.45, 7) is 0. The predicted octanol–water partition coefficient (Wildman–Crippen LogP) is 4.19. The first-order chi connectivity index (χ1) is 9.31. The van der Waals surface area contributed by atoms with Crippen LogP contribution in [0.25, 0.3) is 0 Å². The molecule has 2 nitrogen and oxygen atoms in total. The van der Waals surface area contributed by atoms with Gasteiger partial charge in [0.2, 0.25) is 5.91 Å². The average molecular weight is 263 g/mol. The summed E-state index contributed by atoms with van der Waals surface area (Å²) in [5, 5.41) is 3.53. The van der Waals surface area contributed by atoms with Crippen molar-refractivity contribution >= 4 is 5.91 Å². The highest BCUT2D eigenvalue weighted by molar-refractivity contribution is 5.77. The Balaban J connectivity index is 1.82. The van der Waals surface area contributed by atoms with E-state index in [0.29, 0.717) is 5.91 Å². The third-order valence-corrected chi connectivity index (χ3v) is 6.03. The molecule has 0 atom stereocenters. The lowest BCUT2D eigenvalue weighted by atomic mass is 9.61. The highest BCUT2D eigenvalue weighted by Gasteiger charge is 2.47. The summed E-state index contributed by atoms with van der Waals surface area (Å²) in [5.74, 6) is 1.88. The van der Waals surface area contributed by atoms with Crippen LogP contribution in [0.4, 0.5) is 0 Å². The third-order valence-electron chi connectivity index (χ3n) is 6.03. The highest BCUT2D eigenvalue weighted by Crippen LogP contribution is 2.46. The van der Waals surface area contributed by atoms with Gasteiger partial charge in [0.15, 0.2) is 0 Å². The molecule has 3 aliphatic rings.